The SMILES string of the molecule is O=C(NCc1cn2ccsc2n1)C1CCCc2ccccc21. The summed E-state index contributed by atoms with van der Waals surface area (Å²) < 4.78 is 1.99. The highest BCUT2D eigenvalue weighted by molar-refractivity contribution is 7.15. The highest BCUT2D eigenvalue weighted by Gasteiger charge is 2.25. The quantitative estimate of drug-likeness (QED) is 0.808. The highest BCUT2D eigenvalue weighted by Crippen LogP contribution is 2.31. The standard InChI is InChI=1S/C17H17N3OS/c21-16(15-7-3-5-12-4-1-2-6-14(12)15)18-10-13-11-20-8-9-22-17(20)19-13/h1-2,4,6,8-9,11,15H,3,5,7,10H2,(H,18,21). The molecule has 2 aromatic heterocycles. The molecule has 0 fully saturated rings. The van der Waals surface area contributed by atoms with Crippen molar-refractivity contribution in [2.75, 3.05) is 0 Å². The van der Waals surface area contributed by atoms with Crippen LogP contribution in [0.4, 0.5) is 0 Å². The molecule has 0 saturated heterocycles. The van der Waals surface area contributed by atoms with E-state index in [9.17, 15) is 4.79 Å². The lowest BCUT2D eigenvalue weighted by Crippen LogP contribution is -2.31. The second-order valence-corrected chi connectivity index (χ2v) is 6.56. The maximum Gasteiger partial charge on any atom is 0.227 e. The second kappa shape index (κ2) is 5.57. The third-order valence-corrected chi connectivity index (χ3v) is 5.04. The molecule has 0 saturated carbocycles. The molecule has 1 aliphatic rings. The number of carbonyl (C=O) groups is 1. The Morgan fingerprint density at radius 3 is 3.23 bits per heavy atom. The van der Waals surface area contributed by atoms with E-state index in [2.05, 4.69) is 28.5 Å². The van der Waals surface area contributed by atoms with Crippen molar-refractivity contribution in [3.63, 3.8) is 0 Å². The first-order valence-electron chi connectivity index (χ1n) is 7.58. The van der Waals surface area contributed by atoms with Crippen LogP contribution in [0.25, 0.3) is 4.96 Å². The summed E-state index contributed by atoms with van der Waals surface area (Å²) in [6.07, 6.45) is 7.05. The Kier molecular flexibility index (Phi) is 3.42. The van der Waals surface area contributed by atoms with Gasteiger partial charge in [-0.25, -0.2) is 4.98 Å². The number of imidazole rings is 1. The summed E-state index contributed by atoms with van der Waals surface area (Å²) in [6, 6.07) is 8.30. The van der Waals surface area contributed by atoms with Gasteiger partial charge >= 0.3 is 0 Å². The molecule has 4 nitrogen and oxygen atoms in total. The Balaban J connectivity index is 1.47. The number of aromatic nitrogens is 2. The largest absolute Gasteiger partial charge is 0.350 e. The van der Waals surface area contributed by atoms with Gasteiger partial charge in [-0.2, -0.15) is 0 Å². The zero-order chi connectivity index (χ0) is 14.9. The van der Waals surface area contributed by atoms with E-state index in [4.69, 9.17) is 0 Å². The van der Waals surface area contributed by atoms with Gasteiger partial charge in [-0.15, -0.1) is 11.3 Å². The van der Waals surface area contributed by atoms with Gasteiger partial charge in [0.05, 0.1) is 18.2 Å². The van der Waals surface area contributed by atoms with Crippen LogP contribution in [0.2, 0.25) is 0 Å². The fourth-order valence-electron chi connectivity index (χ4n) is 3.19. The minimum absolute atomic E-state index is 0.0197. The number of nitrogens with one attached hydrogen (secondary N) is 1. The van der Waals surface area contributed by atoms with E-state index in [0.29, 0.717) is 6.54 Å². The summed E-state index contributed by atoms with van der Waals surface area (Å²) in [5, 5.41) is 5.05. The van der Waals surface area contributed by atoms with Crippen molar-refractivity contribution in [3.05, 3.63) is 58.9 Å². The average Bonchev–Trinajstić information content (AvgIpc) is 3.13. The fraction of sp³-hybridized carbons (Fsp3) is 0.294. The second-order valence-electron chi connectivity index (χ2n) is 5.69. The molecule has 22 heavy (non-hydrogen) atoms. The van der Waals surface area contributed by atoms with Crippen LogP contribution in [0.1, 0.15) is 35.6 Å². The van der Waals surface area contributed by atoms with Gasteiger partial charge in [0, 0.05) is 17.8 Å². The van der Waals surface area contributed by atoms with Gasteiger partial charge < -0.3 is 5.32 Å². The van der Waals surface area contributed by atoms with Gasteiger partial charge in [-0.1, -0.05) is 24.3 Å². The minimum Gasteiger partial charge on any atom is -0.350 e. The van der Waals surface area contributed by atoms with Crippen molar-refractivity contribution < 1.29 is 4.79 Å². The van der Waals surface area contributed by atoms with Crippen molar-refractivity contribution in [2.24, 2.45) is 0 Å². The van der Waals surface area contributed by atoms with Gasteiger partial charge in [0.2, 0.25) is 5.91 Å². The van der Waals surface area contributed by atoms with Crippen molar-refractivity contribution >= 4 is 22.2 Å². The van der Waals surface area contributed by atoms with E-state index in [0.717, 1.165) is 29.9 Å². The van der Waals surface area contributed by atoms with Crippen LogP contribution < -0.4 is 5.32 Å². The molecule has 0 radical (unpaired) electrons. The Morgan fingerprint density at radius 1 is 1.41 bits per heavy atom. The zero-order valence-corrected chi connectivity index (χ0v) is 13.0. The molecule has 1 unspecified atom stereocenters. The van der Waals surface area contributed by atoms with Crippen molar-refractivity contribution in [1.82, 2.24) is 14.7 Å². The number of amides is 1. The molecule has 112 valence electrons. The molecule has 5 heteroatoms. The molecular weight excluding hydrogens is 294 g/mol. The molecule has 0 bridgehead atoms. The number of rotatable bonds is 3. The normalized spacial score (nSPS) is 17.4. The minimum atomic E-state index is -0.0197. The van der Waals surface area contributed by atoms with Gasteiger partial charge in [0.25, 0.3) is 0 Å². The summed E-state index contributed by atoms with van der Waals surface area (Å²) in [6.45, 7) is 0.492. The number of carbonyl (C=O) groups excluding carboxylic acids is 1. The molecule has 1 N–H and O–H groups in total. The van der Waals surface area contributed by atoms with Gasteiger partial charge in [-0.3, -0.25) is 9.20 Å². The summed E-state index contributed by atoms with van der Waals surface area (Å²) in [5.74, 6) is 0.0946. The molecule has 0 aliphatic heterocycles. The van der Waals surface area contributed by atoms with Crippen molar-refractivity contribution in [1.29, 1.82) is 0 Å². The van der Waals surface area contributed by atoms with Crippen molar-refractivity contribution in [2.45, 2.75) is 31.7 Å². The Hall–Kier alpha value is -2.14. The lowest BCUT2D eigenvalue weighted by atomic mass is 9.82. The van der Waals surface area contributed by atoms with Crippen LogP contribution in [-0.2, 0) is 17.8 Å². The van der Waals surface area contributed by atoms with E-state index in [1.165, 1.54) is 11.1 Å². The van der Waals surface area contributed by atoms with Crippen LogP contribution in [0.3, 0.4) is 0 Å². The topological polar surface area (TPSA) is 46.4 Å². The highest BCUT2D eigenvalue weighted by atomic mass is 32.1. The average molecular weight is 311 g/mol. The number of aryl methyl sites for hydroxylation is 1. The monoisotopic (exact) mass is 311 g/mol. The first-order valence-corrected chi connectivity index (χ1v) is 8.46. The first kappa shape index (κ1) is 13.5. The van der Waals surface area contributed by atoms with Gasteiger partial charge in [0.1, 0.15) is 0 Å². The van der Waals surface area contributed by atoms with E-state index in [1.807, 2.05) is 28.2 Å². The number of hydrogen-bond acceptors (Lipinski definition) is 3. The maximum absolute atomic E-state index is 12.5. The number of nitrogens with zero attached hydrogens (tertiary/aromatic N) is 2. The fourth-order valence-corrected chi connectivity index (χ4v) is 3.91. The molecule has 2 heterocycles. The molecule has 1 atom stereocenters. The van der Waals surface area contributed by atoms with Crippen molar-refractivity contribution in [3.8, 4) is 0 Å². The number of thiazole rings is 1. The van der Waals surface area contributed by atoms with E-state index >= 15 is 0 Å². The zero-order valence-electron chi connectivity index (χ0n) is 12.2. The lowest BCUT2D eigenvalue weighted by molar-refractivity contribution is -0.123. The smallest absolute Gasteiger partial charge is 0.227 e. The summed E-state index contributed by atoms with van der Waals surface area (Å²) >= 11 is 1.60. The Labute approximate surface area is 132 Å². The maximum atomic E-state index is 12.5. The van der Waals surface area contributed by atoms with Gasteiger partial charge in [-0.05, 0) is 30.4 Å². The number of benzene rings is 1. The molecule has 1 aromatic carbocycles. The van der Waals surface area contributed by atoms with E-state index in [-0.39, 0.29) is 11.8 Å². The molecule has 3 aromatic rings. The first-order chi connectivity index (χ1) is 10.8. The number of hydrogen-bond donors (Lipinski definition) is 1. The van der Waals surface area contributed by atoms with E-state index < -0.39 is 0 Å². The predicted molar refractivity (Wildman–Crippen MR) is 87.0 cm³/mol. The molecule has 1 amide bonds. The third-order valence-electron chi connectivity index (χ3n) is 4.27. The van der Waals surface area contributed by atoms with Crippen LogP contribution in [0.15, 0.2) is 42.0 Å². The van der Waals surface area contributed by atoms with Gasteiger partial charge in [0.15, 0.2) is 4.96 Å². The predicted octanol–water partition coefficient (Wildman–Crippen LogP) is 3.13. The third kappa shape index (κ3) is 2.41. The summed E-state index contributed by atoms with van der Waals surface area (Å²) in [5.41, 5.74) is 3.41. The van der Waals surface area contributed by atoms with Crippen LogP contribution >= 0.6 is 11.3 Å². The van der Waals surface area contributed by atoms with Crippen LogP contribution in [-0.4, -0.2) is 15.3 Å². The Bertz CT molecular complexity index is 792. The summed E-state index contributed by atoms with van der Waals surface area (Å²) in [7, 11) is 0. The van der Waals surface area contributed by atoms with Crippen LogP contribution in [0, 0.1) is 0 Å². The molecule has 0 spiro atoms. The molecule has 4 rings (SSSR count). The Morgan fingerprint density at radius 2 is 2.32 bits per heavy atom. The molecule has 1 aliphatic carbocycles. The molecular formula is C17H17N3OS. The van der Waals surface area contributed by atoms with E-state index in [1.54, 1.807) is 11.3 Å². The lowest BCUT2D eigenvalue weighted by Gasteiger charge is -2.24. The number of fused-ring (bicyclic) bond motifs is 2. The summed E-state index contributed by atoms with van der Waals surface area (Å²) in [4.78, 5) is 18.0. The van der Waals surface area contributed by atoms with Crippen LogP contribution in [0.5, 0.6) is 0 Å².